The van der Waals surface area contributed by atoms with Crippen molar-refractivity contribution >= 4 is 0 Å². The Kier molecular flexibility index (Phi) is 5.81. The minimum Gasteiger partial charge on any atom is -0.467 e. The first-order valence-corrected chi connectivity index (χ1v) is 5.30. The average Bonchev–Trinajstić information content (AvgIpc) is 2.71. The molecule has 1 N–H and O–H groups in total. The Labute approximate surface area is 91.1 Å². The summed E-state index contributed by atoms with van der Waals surface area (Å²) in [5, 5.41) is 3.28. The summed E-state index contributed by atoms with van der Waals surface area (Å²) in [5.74, 6) is 0.851. The molecule has 0 saturated carbocycles. The van der Waals surface area contributed by atoms with Crippen molar-refractivity contribution in [1.29, 1.82) is 0 Å². The van der Waals surface area contributed by atoms with E-state index in [9.17, 15) is 0 Å². The standard InChI is InChI=1S/C12H19NO2/c1-3-6-13-8-11(2)9-14-10-12-5-4-7-15-12/h4-5,7,13H,2-3,6,8-10H2,1H3. The van der Waals surface area contributed by atoms with Gasteiger partial charge < -0.3 is 14.5 Å². The Morgan fingerprint density at radius 1 is 1.60 bits per heavy atom. The summed E-state index contributed by atoms with van der Waals surface area (Å²) in [4.78, 5) is 0. The fourth-order valence-corrected chi connectivity index (χ4v) is 1.18. The average molecular weight is 209 g/mol. The molecule has 1 heterocycles. The highest BCUT2D eigenvalue weighted by Gasteiger charge is 1.97. The quantitative estimate of drug-likeness (QED) is 0.527. The van der Waals surface area contributed by atoms with Gasteiger partial charge in [-0.25, -0.2) is 0 Å². The molecule has 0 bridgehead atoms. The maximum absolute atomic E-state index is 5.44. The van der Waals surface area contributed by atoms with Crippen molar-refractivity contribution in [2.45, 2.75) is 20.0 Å². The normalized spacial score (nSPS) is 10.5. The molecule has 0 atom stereocenters. The van der Waals surface area contributed by atoms with Crippen LogP contribution >= 0.6 is 0 Å². The topological polar surface area (TPSA) is 34.4 Å². The molecule has 3 heteroatoms. The highest BCUT2D eigenvalue weighted by Crippen LogP contribution is 2.02. The van der Waals surface area contributed by atoms with E-state index in [4.69, 9.17) is 9.15 Å². The van der Waals surface area contributed by atoms with Gasteiger partial charge in [0, 0.05) is 6.54 Å². The Morgan fingerprint density at radius 2 is 2.47 bits per heavy atom. The fourth-order valence-electron chi connectivity index (χ4n) is 1.18. The van der Waals surface area contributed by atoms with Crippen LogP contribution in [0.5, 0.6) is 0 Å². The lowest BCUT2D eigenvalue weighted by atomic mass is 10.3. The Bertz CT molecular complexity index is 267. The van der Waals surface area contributed by atoms with E-state index in [-0.39, 0.29) is 0 Å². The smallest absolute Gasteiger partial charge is 0.129 e. The van der Waals surface area contributed by atoms with Crippen LogP contribution in [0.4, 0.5) is 0 Å². The number of nitrogens with one attached hydrogen (secondary N) is 1. The van der Waals surface area contributed by atoms with Crippen LogP contribution in [0.15, 0.2) is 35.0 Å². The molecule has 0 amide bonds. The molecule has 0 aliphatic carbocycles. The zero-order valence-corrected chi connectivity index (χ0v) is 9.29. The largest absolute Gasteiger partial charge is 0.467 e. The zero-order chi connectivity index (χ0) is 10.9. The third kappa shape index (κ3) is 5.40. The molecular formula is C12H19NO2. The highest BCUT2D eigenvalue weighted by molar-refractivity contribution is 4.99. The lowest BCUT2D eigenvalue weighted by Gasteiger charge is -2.07. The van der Waals surface area contributed by atoms with Crippen molar-refractivity contribution in [3.63, 3.8) is 0 Å². The lowest BCUT2D eigenvalue weighted by Crippen LogP contribution is -2.19. The molecule has 0 spiro atoms. The van der Waals surface area contributed by atoms with Crippen molar-refractivity contribution in [1.82, 2.24) is 5.32 Å². The maximum atomic E-state index is 5.44. The van der Waals surface area contributed by atoms with Gasteiger partial charge >= 0.3 is 0 Å². The van der Waals surface area contributed by atoms with Gasteiger partial charge in [0.25, 0.3) is 0 Å². The monoisotopic (exact) mass is 209 g/mol. The van der Waals surface area contributed by atoms with Crippen LogP contribution in [-0.4, -0.2) is 19.7 Å². The predicted molar refractivity (Wildman–Crippen MR) is 60.7 cm³/mol. The van der Waals surface area contributed by atoms with E-state index in [0.29, 0.717) is 13.2 Å². The molecule has 0 saturated heterocycles. The minimum absolute atomic E-state index is 0.514. The second kappa shape index (κ2) is 7.26. The van der Waals surface area contributed by atoms with Gasteiger partial charge in [-0.3, -0.25) is 0 Å². The summed E-state index contributed by atoms with van der Waals surface area (Å²) in [6, 6.07) is 3.76. The molecule has 1 rings (SSSR count). The molecule has 1 aromatic rings. The van der Waals surface area contributed by atoms with Crippen molar-refractivity contribution in [3.05, 3.63) is 36.3 Å². The van der Waals surface area contributed by atoms with Crippen molar-refractivity contribution in [3.8, 4) is 0 Å². The van der Waals surface area contributed by atoms with Crippen LogP contribution in [0.25, 0.3) is 0 Å². The Morgan fingerprint density at radius 3 is 3.13 bits per heavy atom. The lowest BCUT2D eigenvalue weighted by molar-refractivity contribution is 0.125. The number of hydrogen-bond acceptors (Lipinski definition) is 3. The molecule has 0 aromatic carbocycles. The molecule has 0 aliphatic rings. The molecular weight excluding hydrogens is 190 g/mol. The van der Waals surface area contributed by atoms with Gasteiger partial charge in [-0.15, -0.1) is 0 Å². The van der Waals surface area contributed by atoms with Crippen LogP contribution < -0.4 is 5.32 Å². The maximum Gasteiger partial charge on any atom is 0.129 e. The summed E-state index contributed by atoms with van der Waals surface area (Å²) < 4.78 is 10.6. The fraction of sp³-hybridized carbons (Fsp3) is 0.500. The number of rotatable bonds is 8. The third-order valence-electron chi connectivity index (χ3n) is 1.93. The van der Waals surface area contributed by atoms with Gasteiger partial charge in [-0.1, -0.05) is 13.5 Å². The van der Waals surface area contributed by atoms with E-state index < -0.39 is 0 Å². The van der Waals surface area contributed by atoms with Crippen LogP contribution in [0.2, 0.25) is 0 Å². The van der Waals surface area contributed by atoms with Gasteiger partial charge in [-0.05, 0) is 30.7 Å². The number of hydrogen-bond donors (Lipinski definition) is 1. The van der Waals surface area contributed by atoms with E-state index in [1.54, 1.807) is 6.26 Å². The highest BCUT2D eigenvalue weighted by atomic mass is 16.5. The zero-order valence-electron chi connectivity index (χ0n) is 9.29. The van der Waals surface area contributed by atoms with E-state index in [0.717, 1.165) is 30.8 Å². The molecule has 15 heavy (non-hydrogen) atoms. The molecule has 0 radical (unpaired) electrons. The van der Waals surface area contributed by atoms with Gasteiger partial charge in [0.05, 0.1) is 12.9 Å². The SMILES string of the molecule is C=C(CNCCC)COCc1ccco1. The third-order valence-corrected chi connectivity index (χ3v) is 1.93. The summed E-state index contributed by atoms with van der Waals surface area (Å²) in [7, 11) is 0. The molecule has 0 fully saturated rings. The summed E-state index contributed by atoms with van der Waals surface area (Å²) in [6.07, 6.45) is 2.79. The van der Waals surface area contributed by atoms with Crippen molar-refractivity contribution < 1.29 is 9.15 Å². The first-order chi connectivity index (χ1) is 7.33. The molecule has 0 aliphatic heterocycles. The van der Waals surface area contributed by atoms with Crippen molar-refractivity contribution in [2.24, 2.45) is 0 Å². The number of furan rings is 1. The Hall–Kier alpha value is -1.06. The molecule has 1 aromatic heterocycles. The first-order valence-electron chi connectivity index (χ1n) is 5.30. The predicted octanol–water partition coefficient (Wildman–Crippen LogP) is 2.35. The summed E-state index contributed by atoms with van der Waals surface area (Å²) in [6.45, 7) is 9.01. The van der Waals surface area contributed by atoms with Gasteiger partial charge in [0.1, 0.15) is 12.4 Å². The molecule has 3 nitrogen and oxygen atoms in total. The Balaban J connectivity index is 2.02. The van der Waals surface area contributed by atoms with Crippen LogP contribution in [0.1, 0.15) is 19.1 Å². The van der Waals surface area contributed by atoms with Crippen LogP contribution in [0.3, 0.4) is 0 Å². The number of ether oxygens (including phenoxy) is 1. The van der Waals surface area contributed by atoms with Crippen LogP contribution in [0, 0.1) is 0 Å². The van der Waals surface area contributed by atoms with E-state index in [1.807, 2.05) is 12.1 Å². The minimum atomic E-state index is 0.514. The summed E-state index contributed by atoms with van der Waals surface area (Å²) >= 11 is 0. The van der Waals surface area contributed by atoms with E-state index in [1.165, 1.54) is 0 Å². The van der Waals surface area contributed by atoms with E-state index >= 15 is 0 Å². The van der Waals surface area contributed by atoms with Crippen LogP contribution in [-0.2, 0) is 11.3 Å². The summed E-state index contributed by atoms with van der Waals surface area (Å²) in [5.41, 5.74) is 1.06. The second-order valence-corrected chi connectivity index (χ2v) is 3.50. The molecule has 84 valence electrons. The van der Waals surface area contributed by atoms with Crippen molar-refractivity contribution in [2.75, 3.05) is 19.7 Å². The second-order valence-electron chi connectivity index (χ2n) is 3.50. The first kappa shape index (κ1) is 12.0. The molecule has 0 unspecified atom stereocenters. The van der Waals surface area contributed by atoms with E-state index in [2.05, 4.69) is 18.8 Å². The van der Waals surface area contributed by atoms with Gasteiger partial charge in [-0.2, -0.15) is 0 Å². The van der Waals surface area contributed by atoms with Gasteiger partial charge in [0.2, 0.25) is 0 Å². The van der Waals surface area contributed by atoms with Gasteiger partial charge in [0.15, 0.2) is 0 Å².